The van der Waals surface area contributed by atoms with E-state index in [1.54, 1.807) is 31.3 Å². The Kier molecular flexibility index (Phi) is 6.36. The number of carbonyl (C=O) groups excluding carboxylic acids is 2. The molecule has 2 rings (SSSR count). The van der Waals surface area contributed by atoms with Gasteiger partial charge in [-0.1, -0.05) is 0 Å². The standard InChI is InChI=1S/C16H23N3O3/c1-17-9-6-15(20)18-13-4-2-12(3-5-13)16(21)19-14-7-10-22-11-8-14/h2-5,14,17H,6-11H2,1H3,(H,18,20)(H,19,21). The van der Waals surface area contributed by atoms with E-state index < -0.39 is 0 Å². The van der Waals surface area contributed by atoms with Crippen LogP contribution in [-0.4, -0.2) is 44.7 Å². The van der Waals surface area contributed by atoms with E-state index >= 15 is 0 Å². The molecule has 0 unspecified atom stereocenters. The molecule has 2 amide bonds. The molecule has 1 aromatic carbocycles. The highest BCUT2D eigenvalue weighted by atomic mass is 16.5. The maximum absolute atomic E-state index is 12.1. The van der Waals surface area contributed by atoms with Crippen LogP contribution in [0.25, 0.3) is 0 Å². The Morgan fingerprint density at radius 1 is 1.18 bits per heavy atom. The van der Waals surface area contributed by atoms with Crippen LogP contribution in [0.15, 0.2) is 24.3 Å². The predicted molar refractivity (Wildman–Crippen MR) is 84.9 cm³/mol. The summed E-state index contributed by atoms with van der Waals surface area (Å²) < 4.78 is 5.27. The summed E-state index contributed by atoms with van der Waals surface area (Å²) in [6, 6.07) is 7.12. The van der Waals surface area contributed by atoms with Crippen LogP contribution in [0.1, 0.15) is 29.6 Å². The summed E-state index contributed by atoms with van der Waals surface area (Å²) >= 11 is 0. The molecule has 6 heteroatoms. The van der Waals surface area contributed by atoms with Crippen LogP contribution < -0.4 is 16.0 Å². The molecule has 0 spiro atoms. The van der Waals surface area contributed by atoms with E-state index in [4.69, 9.17) is 4.74 Å². The smallest absolute Gasteiger partial charge is 0.251 e. The highest BCUT2D eigenvalue weighted by molar-refractivity contribution is 5.96. The van der Waals surface area contributed by atoms with Crippen molar-refractivity contribution in [3.05, 3.63) is 29.8 Å². The van der Waals surface area contributed by atoms with Crippen LogP contribution in [0, 0.1) is 0 Å². The zero-order valence-electron chi connectivity index (χ0n) is 12.9. The van der Waals surface area contributed by atoms with Crippen molar-refractivity contribution in [2.45, 2.75) is 25.3 Å². The topological polar surface area (TPSA) is 79.5 Å². The van der Waals surface area contributed by atoms with E-state index in [0.29, 0.717) is 37.4 Å². The monoisotopic (exact) mass is 305 g/mol. The van der Waals surface area contributed by atoms with E-state index in [1.165, 1.54) is 0 Å². The molecule has 0 bridgehead atoms. The number of amides is 2. The summed E-state index contributed by atoms with van der Waals surface area (Å²) in [5.41, 5.74) is 1.29. The van der Waals surface area contributed by atoms with Crippen LogP contribution in [0.3, 0.4) is 0 Å². The van der Waals surface area contributed by atoms with Gasteiger partial charge in [-0.15, -0.1) is 0 Å². The molecule has 1 aliphatic heterocycles. The lowest BCUT2D eigenvalue weighted by Crippen LogP contribution is -2.38. The Bertz CT molecular complexity index is 496. The highest BCUT2D eigenvalue weighted by Gasteiger charge is 2.16. The van der Waals surface area contributed by atoms with Crippen molar-refractivity contribution in [3.8, 4) is 0 Å². The molecule has 1 aromatic rings. The third-order valence-electron chi connectivity index (χ3n) is 3.59. The van der Waals surface area contributed by atoms with Gasteiger partial charge in [-0.25, -0.2) is 0 Å². The number of hydrogen-bond acceptors (Lipinski definition) is 4. The van der Waals surface area contributed by atoms with Gasteiger partial charge in [0.15, 0.2) is 0 Å². The van der Waals surface area contributed by atoms with Crippen molar-refractivity contribution >= 4 is 17.5 Å². The van der Waals surface area contributed by atoms with Gasteiger partial charge in [-0.05, 0) is 44.2 Å². The van der Waals surface area contributed by atoms with Crippen molar-refractivity contribution in [1.29, 1.82) is 0 Å². The Morgan fingerprint density at radius 3 is 2.50 bits per heavy atom. The molecule has 0 saturated carbocycles. The van der Waals surface area contributed by atoms with Gasteiger partial charge in [0.1, 0.15) is 0 Å². The van der Waals surface area contributed by atoms with Gasteiger partial charge in [0.25, 0.3) is 5.91 Å². The van der Waals surface area contributed by atoms with E-state index in [0.717, 1.165) is 12.8 Å². The van der Waals surface area contributed by atoms with Gasteiger partial charge in [0, 0.05) is 43.5 Å². The second-order valence-corrected chi connectivity index (χ2v) is 5.34. The number of carbonyl (C=O) groups is 2. The SMILES string of the molecule is CNCCC(=O)Nc1ccc(C(=O)NC2CCOCC2)cc1. The first-order valence-electron chi connectivity index (χ1n) is 7.62. The molecule has 1 saturated heterocycles. The molecule has 120 valence electrons. The lowest BCUT2D eigenvalue weighted by atomic mass is 10.1. The van der Waals surface area contributed by atoms with E-state index in [-0.39, 0.29) is 17.9 Å². The average molecular weight is 305 g/mol. The summed E-state index contributed by atoms with van der Waals surface area (Å²) in [6.07, 6.45) is 2.12. The fraction of sp³-hybridized carbons (Fsp3) is 0.500. The summed E-state index contributed by atoms with van der Waals surface area (Å²) in [5.74, 6) is -0.131. The third kappa shape index (κ3) is 5.13. The van der Waals surface area contributed by atoms with Gasteiger partial charge < -0.3 is 20.7 Å². The molecular formula is C16H23N3O3. The minimum absolute atomic E-state index is 0.0474. The Labute approximate surface area is 130 Å². The van der Waals surface area contributed by atoms with Gasteiger partial charge in [0.05, 0.1) is 0 Å². The van der Waals surface area contributed by atoms with Crippen LogP contribution in [-0.2, 0) is 9.53 Å². The molecule has 0 aliphatic carbocycles. The van der Waals surface area contributed by atoms with Crippen LogP contribution in [0.5, 0.6) is 0 Å². The molecule has 0 atom stereocenters. The quantitative estimate of drug-likeness (QED) is 0.736. The number of ether oxygens (including phenoxy) is 1. The summed E-state index contributed by atoms with van der Waals surface area (Å²) in [5, 5.41) is 8.73. The molecule has 1 aliphatic rings. The average Bonchev–Trinajstić information content (AvgIpc) is 2.54. The third-order valence-corrected chi connectivity index (χ3v) is 3.59. The fourth-order valence-corrected chi connectivity index (χ4v) is 2.28. The molecule has 3 N–H and O–H groups in total. The summed E-state index contributed by atoms with van der Waals surface area (Å²) in [6.45, 7) is 2.03. The molecular weight excluding hydrogens is 282 g/mol. The number of benzene rings is 1. The van der Waals surface area contributed by atoms with E-state index in [2.05, 4.69) is 16.0 Å². The zero-order valence-corrected chi connectivity index (χ0v) is 12.9. The first kappa shape index (κ1) is 16.5. The van der Waals surface area contributed by atoms with Crippen molar-refractivity contribution < 1.29 is 14.3 Å². The van der Waals surface area contributed by atoms with Crippen LogP contribution >= 0.6 is 0 Å². The first-order chi connectivity index (χ1) is 10.7. The number of hydrogen-bond donors (Lipinski definition) is 3. The normalized spacial score (nSPS) is 15.3. The Hall–Kier alpha value is -1.92. The second kappa shape index (κ2) is 8.51. The maximum atomic E-state index is 12.1. The van der Waals surface area contributed by atoms with Gasteiger partial charge in [0.2, 0.25) is 5.91 Å². The molecule has 1 heterocycles. The summed E-state index contributed by atoms with van der Waals surface area (Å²) in [4.78, 5) is 23.8. The minimum Gasteiger partial charge on any atom is -0.381 e. The van der Waals surface area contributed by atoms with Crippen LogP contribution in [0.2, 0.25) is 0 Å². The van der Waals surface area contributed by atoms with Gasteiger partial charge in [-0.2, -0.15) is 0 Å². The largest absolute Gasteiger partial charge is 0.381 e. The van der Waals surface area contributed by atoms with E-state index in [1.807, 2.05) is 0 Å². The first-order valence-corrected chi connectivity index (χ1v) is 7.62. The van der Waals surface area contributed by atoms with Gasteiger partial charge >= 0.3 is 0 Å². The number of anilines is 1. The second-order valence-electron chi connectivity index (χ2n) is 5.34. The Morgan fingerprint density at radius 2 is 1.86 bits per heavy atom. The number of rotatable bonds is 6. The minimum atomic E-state index is -0.0834. The van der Waals surface area contributed by atoms with Crippen molar-refractivity contribution in [2.24, 2.45) is 0 Å². The molecule has 6 nitrogen and oxygen atoms in total. The number of nitrogens with one attached hydrogen (secondary N) is 3. The zero-order chi connectivity index (χ0) is 15.8. The van der Waals surface area contributed by atoms with Gasteiger partial charge in [-0.3, -0.25) is 9.59 Å². The highest BCUT2D eigenvalue weighted by Crippen LogP contribution is 2.12. The fourth-order valence-electron chi connectivity index (χ4n) is 2.28. The maximum Gasteiger partial charge on any atom is 0.251 e. The molecule has 0 aromatic heterocycles. The van der Waals surface area contributed by atoms with Crippen molar-refractivity contribution in [1.82, 2.24) is 10.6 Å². The van der Waals surface area contributed by atoms with Crippen molar-refractivity contribution in [2.75, 3.05) is 32.1 Å². The lowest BCUT2D eigenvalue weighted by Gasteiger charge is -2.23. The lowest BCUT2D eigenvalue weighted by molar-refractivity contribution is -0.116. The van der Waals surface area contributed by atoms with E-state index in [9.17, 15) is 9.59 Å². The summed E-state index contributed by atoms with van der Waals surface area (Å²) in [7, 11) is 1.80. The molecule has 1 fully saturated rings. The Balaban J connectivity index is 1.85. The molecule has 22 heavy (non-hydrogen) atoms. The van der Waals surface area contributed by atoms with Crippen LogP contribution in [0.4, 0.5) is 5.69 Å². The predicted octanol–water partition coefficient (Wildman–Crippen LogP) is 1.14. The van der Waals surface area contributed by atoms with Crippen molar-refractivity contribution in [3.63, 3.8) is 0 Å². The molecule has 0 radical (unpaired) electrons.